The number of hydrogen-bond donors (Lipinski definition) is 1. The summed E-state index contributed by atoms with van der Waals surface area (Å²) in [5, 5.41) is 2.99. The quantitative estimate of drug-likeness (QED) is 0.437. The van der Waals surface area contributed by atoms with E-state index in [1.807, 2.05) is 39.0 Å². The first-order valence-electron chi connectivity index (χ1n) is 11.4. The van der Waals surface area contributed by atoms with Gasteiger partial charge in [0.15, 0.2) is 0 Å². The summed E-state index contributed by atoms with van der Waals surface area (Å²) in [6, 6.07) is 18.7. The van der Waals surface area contributed by atoms with Gasteiger partial charge in [0.25, 0.3) is 10.0 Å². The van der Waals surface area contributed by atoms with E-state index in [0.29, 0.717) is 17.9 Å². The lowest BCUT2D eigenvalue weighted by atomic mass is 10.0. The Morgan fingerprint density at radius 2 is 1.69 bits per heavy atom. The molecule has 0 bridgehead atoms. The molecule has 3 aromatic rings. The number of amides is 1. The number of sulfonamides is 1. The van der Waals surface area contributed by atoms with E-state index in [2.05, 4.69) is 5.32 Å². The van der Waals surface area contributed by atoms with Crippen molar-refractivity contribution in [3.05, 3.63) is 83.4 Å². The molecule has 35 heavy (non-hydrogen) atoms. The molecule has 8 heteroatoms. The largest absolute Gasteiger partial charge is 0.497 e. The molecule has 0 spiro atoms. The average Bonchev–Trinajstić information content (AvgIpc) is 2.86. The zero-order valence-electron chi connectivity index (χ0n) is 20.7. The summed E-state index contributed by atoms with van der Waals surface area (Å²) in [5.41, 5.74) is 3.16. The van der Waals surface area contributed by atoms with E-state index >= 15 is 0 Å². The van der Waals surface area contributed by atoms with Crippen molar-refractivity contribution in [2.24, 2.45) is 0 Å². The Morgan fingerprint density at radius 1 is 0.971 bits per heavy atom. The van der Waals surface area contributed by atoms with Crippen LogP contribution in [-0.4, -0.2) is 35.1 Å². The van der Waals surface area contributed by atoms with Gasteiger partial charge in [0.05, 0.1) is 30.8 Å². The highest BCUT2D eigenvalue weighted by atomic mass is 32.2. The molecule has 7 nitrogen and oxygen atoms in total. The predicted octanol–water partition coefficient (Wildman–Crippen LogP) is 4.78. The molecule has 1 amide bonds. The molecular formula is C27H32N2O5S. The molecule has 0 aliphatic rings. The number of benzene rings is 3. The average molecular weight is 497 g/mol. The number of hydrogen-bond acceptors (Lipinski definition) is 5. The van der Waals surface area contributed by atoms with Crippen molar-refractivity contribution >= 4 is 21.6 Å². The second-order valence-electron chi connectivity index (χ2n) is 8.28. The summed E-state index contributed by atoms with van der Waals surface area (Å²) in [6.07, 6.45) is 0.640. The second kappa shape index (κ2) is 11.3. The molecule has 3 aromatic carbocycles. The Bertz CT molecular complexity index is 1270. The molecule has 0 fully saturated rings. The highest BCUT2D eigenvalue weighted by molar-refractivity contribution is 7.92. The number of nitrogens with zero attached hydrogens (tertiary/aromatic N) is 1. The van der Waals surface area contributed by atoms with Gasteiger partial charge in [-0.3, -0.25) is 9.10 Å². The Kier molecular flexibility index (Phi) is 8.40. The lowest BCUT2D eigenvalue weighted by Crippen LogP contribution is -2.42. The molecule has 0 heterocycles. The van der Waals surface area contributed by atoms with Crippen LogP contribution in [0.3, 0.4) is 0 Å². The molecule has 1 N–H and O–H groups in total. The fraction of sp³-hybridized carbons (Fsp3) is 0.296. The van der Waals surface area contributed by atoms with Crippen LogP contribution in [0.1, 0.15) is 36.1 Å². The fourth-order valence-electron chi connectivity index (χ4n) is 3.83. The van der Waals surface area contributed by atoms with Crippen LogP contribution in [0.15, 0.2) is 71.6 Å². The van der Waals surface area contributed by atoms with Crippen molar-refractivity contribution in [2.45, 2.75) is 38.1 Å². The maximum Gasteiger partial charge on any atom is 0.264 e. The van der Waals surface area contributed by atoms with Gasteiger partial charge in [-0.25, -0.2) is 8.42 Å². The number of aryl methyl sites for hydroxylation is 2. The van der Waals surface area contributed by atoms with Gasteiger partial charge in [0.2, 0.25) is 5.91 Å². The third kappa shape index (κ3) is 6.14. The smallest absolute Gasteiger partial charge is 0.264 e. The molecule has 1 atom stereocenters. The minimum atomic E-state index is -4.01. The van der Waals surface area contributed by atoms with Gasteiger partial charge in [0.1, 0.15) is 18.0 Å². The van der Waals surface area contributed by atoms with Crippen LogP contribution in [0, 0.1) is 13.8 Å². The van der Waals surface area contributed by atoms with Crippen LogP contribution in [0.25, 0.3) is 0 Å². The number of anilines is 1. The number of rotatable bonds is 10. The van der Waals surface area contributed by atoms with Crippen LogP contribution in [0.4, 0.5) is 5.69 Å². The van der Waals surface area contributed by atoms with E-state index in [1.165, 1.54) is 7.11 Å². The molecule has 186 valence electrons. The van der Waals surface area contributed by atoms with Crippen LogP contribution in [-0.2, 0) is 14.8 Å². The molecule has 1 unspecified atom stereocenters. The topological polar surface area (TPSA) is 84.9 Å². The molecule has 0 radical (unpaired) electrons. The van der Waals surface area contributed by atoms with Gasteiger partial charge in [-0.1, -0.05) is 42.8 Å². The number of ether oxygens (including phenoxy) is 2. The van der Waals surface area contributed by atoms with Crippen LogP contribution >= 0.6 is 0 Å². The lowest BCUT2D eigenvalue weighted by Gasteiger charge is -2.26. The monoisotopic (exact) mass is 496 g/mol. The highest BCUT2D eigenvalue weighted by Crippen LogP contribution is 2.28. The standard InChI is InChI=1S/C27H32N2O5S/c1-6-25(21-12-15-26(34-5)20(3)16-21)28-27(30)18-29(22-8-7-9-23(17-22)33-4)35(31,32)24-13-10-19(2)11-14-24/h7-17,25H,6,18H2,1-5H3,(H,28,30). The maximum atomic E-state index is 13.6. The number of methoxy groups -OCH3 is 2. The molecule has 0 aliphatic carbocycles. The number of nitrogens with one attached hydrogen (secondary N) is 1. The molecule has 0 saturated carbocycles. The van der Waals surface area contributed by atoms with Crippen molar-refractivity contribution in [1.29, 1.82) is 0 Å². The summed E-state index contributed by atoms with van der Waals surface area (Å²) in [6.45, 7) is 5.41. The second-order valence-corrected chi connectivity index (χ2v) is 10.1. The summed E-state index contributed by atoms with van der Waals surface area (Å²) in [4.78, 5) is 13.3. The minimum Gasteiger partial charge on any atom is -0.497 e. The Morgan fingerprint density at radius 3 is 2.29 bits per heavy atom. The van der Waals surface area contributed by atoms with Crippen molar-refractivity contribution in [3.8, 4) is 11.5 Å². The molecule has 0 saturated heterocycles. The minimum absolute atomic E-state index is 0.108. The van der Waals surface area contributed by atoms with E-state index in [0.717, 1.165) is 26.7 Å². The summed E-state index contributed by atoms with van der Waals surface area (Å²) in [5.74, 6) is 0.847. The van der Waals surface area contributed by atoms with Gasteiger partial charge >= 0.3 is 0 Å². The van der Waals surface area contributed by atoms with Crippen molar-refractivity contribution < 1.29 is 22.7 Å². The highest BCUT2D eigenvalue weighted by Gasteiger charge is 2.28. The van der Waals surface area contributed by atoms with Crippen molar-refractivity contribution in [2.75, 3.05) is 25.1 Å². The Hall–Kier alpha value is -3.52. The molecule has 0 aromatic heterocycles. The van der Waals surface area contributed by atoms with Gasteiger partial charge in [-0.05, 0) is 61.7 Å². The summed E-state index contributed by atoms with van der Waals surface area (Å²) < 4.78 is 38.9. The van der Waals surface area contributed by atoms with Gasteiger partial charge in [-0.15, -0.1) is 0 Å². The van der Waals surface area contributed by atoms with Gasteiger partial charge in [-0.2, -0.15) is 0 Å². The molecule has 3 rings (SSSR count). The number of carbonyl (C=O) groups is 1. The van der Waals surface area contributed by atoms with Crippen LogP contribution in [0.2, 0.25) is 0 Å². The molecular weight excluding hydrogens is 464 g/mol. The van der Waals surface area contributed by atoms with Crippen LogP contribution < -0.4 is 19.1 Å². The maximum absolute atomic E-state index is 13.6. The van der Waals surface area contributed by atoms with E-state index in [-0.39, 0.29) is 17.5 Å². The van der Waals surface area contributed by atoms with E-state index in [4.69, 9.17) is 9.47 Å². The first-order valence-corrected chi connectivity index (χ1v) is 12.8. The normalized spacial score (nSPS) is 12.0. The third-order valence-corrected chi connectivity index (χ3v) is 7.59. The number of carbonyl (C=O) groups excluding carboxylic acids is 1. The van der Waals surface area contributed by atoms with Crippen LogP contribution in [0.5, 0.6) is 11.5 Å². The first kappa shape index (κ1) is 26.1. The van der Waals surface area contributed by atoms with Gasteiger partial charge < -0.3 is 14.8 Å². The Labute approximate surface area is 207 Å². The van der Waals surface area contributed by atoms with E-state index in [1.54, 1.807) is 55.6 Å². The first-order chi connectivity index (χ1) is 16.7. The molecule has 0 aliphatic heterocycles. The summed E-state index contributed by atoms with van der Waals surface area (Å²) >= 11 is 0. The zero-order valence-corrected chi connectivity index (χ0v) is 21.6. The zero-order chi connectivity index (χ0) is 25.6. The third-order valence-electron chi connectivity index (χ3n) is 5.80. The lowest BCUT2D eigenvalue weighted by molar-refractivity contribution is -0.120. The van der Waals surface area contributed by atoms with E-state index in [9.17, 15) is 13.2 Å². The van der Waals surface area contributed by atoms with Crippen molar-refractivity contribution in [3.63, 3.8) is 0 Å². The van der Waals surface area contributed by atoms with Gasteiger partial charge in [0, 0.05) is 6.07 Å². The summed E-state index contributed by atoms with van der Waals surface area (Å²) in [7, 11) is -0.892. The Balaban J connectivity index is 1.92. The van der Waals surface area contributed by atoms with Crippen molar-refractivity contribution in [1.82, 2.24) is 5.32 Å². The predicted molar refractivity (Wildman–Crippen MR) is 138 cm³/mol. The van der Waals surface area contributed by atoms with E-state index < -0.39 is 15.9 Å². The SMILES string of the molecule is CCC(NC(=O)CN(c1cccc(OC)c1)S(=O)(=O)c1ccc(C)cc1)c1ccc(OC)c(C)c1. The fourth-order valence-corrected chi connectivity index (χ4v) is 5.24.